The minimum atomic E-state index is -0.290. The second kappa shape index (κ2) is 9.96. The Morgan fingerprint density at radius 1 is 1.20 bits per heavy atom. The first kappa shape index (κ1) is 22.1. The van der Waals surface area contributed by atoms with Crippen molar-refractivity contribution in [3.05, 3.63) is 86.3 Å². The van der Waals surface area contributed by atoms with Crippen LogP contribution in [0.25, 0.3) is 0 Å². The number of hydrogen-bond donors (Lipinski definition) is 2. The lowest BCUT2D eigenvalue weighted by Crippen LogP contribution is -2.23. The molecule has 0 unspecified atom stereocenters. The maximum absolute atomic E-state index is 12.5. The molecule has 0 aliphatic rings. The second-order valence-corrected chi connectivity index (χ2v) is 8.76. The normalized spacial score (nSPS) is 11.0. The fourth-order valence-electron chi connectivity index (χ4n) is 2.96. The fourth-order valence-corrected chi connectivity index (χ4v) is 4.02. The van der Waals surface area contributed by atoms with Crippen LogP contribution in [0.2, 0.25) is 5.02 Å². The topological polar surface area (TPSA) is 74.8 Å². The van der Waals surface area contributed by atoms with E-state index in [9.17, 15) is 9.59 Å². The molecule has 0 atom stereocenters. The molecule has 0 bridgehead atoms. The third-order valence-corrected chi connectivity index (χ3v) is 5.84. The molecule has 0 aliphatic carbocycles. The van der Waals surface area contributed by atoms with Gasteiger partial charge >= 0.3 is 0 Å². The second-order valence-electron chi connectivity index (χ2n) is 7.36. The van der Waals surface area contributed by atoms with E-state index in [0.717, 1.165) is 5.56 Å². The Kier molecular flexibility index (Phi) is 7.34. The van der Waals surface area contributed by atoms with Gasteiger partial charge in [0.25, 0.3) is 5.56 Å². The molecule has 0 aliphatic heterocycles. The van der Waals surface area contributed by atoms with E-state index in [1.54, 1.807) is 6.92 Å². The molecule has 1 amide bonds. The van der Waals surface area contributed by atoms with E-state index < -0.39 is 0 Å². The minimum absolute atomic E-state index is 0.0284. The van der Waals surface area contributed by atoms with Crippen molar-refractivity contribution in [3.63, 3.8) is 0 Å². The molecule has 2 aromatic carbocycles. The number of benzene rings is 2. The molecular weight excluding hydrogens is 418 g/mol. The smallest absolute Gasteiger partial charge is 0.255 e. The van der Waals surface area contributed by atoms with Crippen molar-refractivity contribution < 1.29 is 4.79 Å². The summed E-state index contributed by atoms with van der Waals surface area (Å²) in [4.78, 5) is 32.2. The maximum Gasteiger partial charge on any atom is 0.255 e. The van der Waals surface area contributed by atoms with Crippen molar-refractivity contribution in [2.75, 3.05) is 5.32 Å². The molecule has 1 heterocycles. The number of aromatic amines is 1. The highest BCUT2D eigenvalue weighted by molar-refractivity contribution is 7.98. The third kappa shape index (κ3) is 5.97. The van der Waals surface area contributed by atoms with E-state index in [1.807, 2.05) is 48.5 Å². The molecule has 156 valence electrons. The molecule has 3 aromatic rings. The number of nitrogens with zero attached hydrogens (tertiary/aromatic N) is 1. The molecule has 7 heteroatoms. The summed E-state index contributed by atoms with van der Waals surface area (Å²) in [5, 5.41) is 4.03. The standard InChI is InChI=1S/C23H24ClN3O2S/c1-14(2)17-7-9-19(10-8-17)26-21(28)12-20-15(3)25-23(27-22(20)29)30-13-16-5-4-6-18(24)11-16/h4-11,14H,12-13H2,1-3H3,(H,26,28)(H,25,27,29). The lowest BCUT2D eigenvalue weighted by atomic mass is 10.0. The van der Waals surface area contributed by atoms with Crippen LogP contribution in [0.5, 0.6) is 0 Å². The van der Waals surface area contributed by atoms with Gasteiger partial charge in [0.05, 0.1) is 6.42 Å². The molecule has 0 radical (unpaired) electrons. The monoisotopic (exact) mass is 441 g/mol. The van der Waals surface area contributed by atoms with Crippen LogP contribution in [-0.2, 0) is 17.0 Å². The predicted molar refractivity (Wildman–Crippen MR) is 123 cm³/mol. The molecule has 2 N–H and O–H groups in total. The Morgan fingerprint density at radius 3 is 2.57 bits per heavy atom. The predicted octanol–water partition coefficient (Wildman–Crippen LogP) is 5.33. The van der Waals surface area contributed by atoms with Crippen molar-refractivity contribution in [1.82, 2.24) is 9.97 Å². The molecule has 30 heavy (non-hydrogen) atoms. The summed E-state index contributed by atoms with van der Waals surface area (Å²) >= 11 is 7.42. The average Bonchev–Trinajstić information content (AvgIpc) is 2.69. The van der Waals surface area contributed by atoms with Crippen molar-refractivity contribution in [2.24, 2.45) is 0 Å². The van der Waals surface area contributed by atoms with E-state index in [2.05, 4.69) is 29.1 Å². The first-order valence-electron chi connectivity index (χ1n) is 9.68. The van der Waals surface area contributed by atoms with Crippen molar-refractivity contribution >= 4 is 35.0 Å². The number of thioether (sulfide) groups is 1. The van der Waals surface area contributed by atoms with Gasteiger partial charge in [-0.3, -0.25) is 9.59 Å². The Labute approximate surface area is 185 Å². The lowest BCUT2D eigenvalue weighted by molar-refractivity contribution is -0.115. The van der Waals surface area contributed by atoms with Crippen LogP contribution in [0, 0.1) is 6.92 Å². The number of rotatable bonds is 7. The van der Waals surface area contributed by atoms with Gasteiger partial charge < -0.3 is 10.3 Å². The molecule has 0 saturated carbocycles. The van der Waals surface area contributed by atoms with E-state index in [-0.39, 0.29) is 17.9 Å². The molecule has 5 nitrogen and oxygen atoms in total. The number of hydrogen-bond acceptors (Lipinski definition) is 4. The highest BCUT2D eigenvalue weighted by Crippen LogP contribution is 2.21. The van der Waals surface area contributed by atoms with Gasteiger partial charge in [0.2, 0.25) is 5.91 Å². The molecule has 3 rings (SSSR count). The first-order valence-corrected chi connectivity index (χ1v) is 11.0. The number of nitrogens with one attached hydrogen (secondary N) is 2. The van der Waals surface area contributed by atoms with Crippen LogP contribution in [0.1, 0.15) is 42.1 Å². The summed E-state index contributed by atoms with van der Waals surface area (Å²) in [6.07, 6.45) is -0.0284. The number of aromatic nitrogens is 2. The molecule has 0 spiro atoms. The number of aryl methyl sites for hydroxylation is 1. The lowest BCUT2D eigenvalue weighted by Gasteiger charge is -2.10. The van der Waals surface area contributed by atoms with Crippen LogP contribution >= 0.6 is 23.4 Å². The Hall–Kier alpha value is -2.57. The SMILES string of the molecule is Cc1nc(SCc2cccc(Cl)c2)[nH]c(=O)c1CC(=O)Nc1ccc(C(C)C)cc1. The highest BCUT2D eigenvalue weighted by atomic mass is 35.5. The van der Waals surface area contributed by atoms with Crippen LogP contribution in [0.3, 0.4) is 0 Å². The molecule has 0 saturated heterocycles. The van der Waals surface area contributed by atoms with E-state index >= 15 is 0 Å². The van der Waals surface area contributed by atoms with Gasteiger partial charge in [-0.05, 0) is 48.2 Å². The van der Waals surface area contributed by atoms with Gasteiger partial charge in [-0.2, -0.15) is 0 Å². The van der Waals surface area contributed by atoms with Crippen LogP contribution in [-0.4, -0.2) is 15.9 Å². The van der Waals surface area contributed by atoms with E-state index in [1.165, 1.54) is 17.3 Å². The molecular formula is C23H24ClN3O2S. The van der Waals surface area contributed by atoms with E-state index in [4.69, 9.17) is 11.6 Å². The van der Waals surface area contributed by atoms with Gasteiger partial charge in [0, 0.05) is 27.7 Å². The van der Waals surface area contributed by atoms with Crippen molar-refractivity contribution in [1.29, 1.82) is 0 Å². The minimum Gasteiger partial charge on any atom is -0.326 e. The zero-order chi connectivity index (χ0) is 21.7. The zero-order valence-electron chi connectivity index (χ0n) is 17.2. The third-order valence-electron chi connectivity index (χ3n) is 4.66. The summed E-state index contributed by atoms with van der Waals surface area (Å²) in [5.41, 5.74) is 3.59. The van der Waals surface area contributed by atoms with Gasteiger partial charge in [-0.15, -0.1) is 0 Å². The highest BCUT2D eigenvalue weighted by Gasteiger charge is 2.13. The van der Waals surface area contributed by atoms with Crippen LogP contribution in [0.15, 0.2) is 58.5 Å². The number of halogens is 1. The van der Waals surface area contributed by atoms with Crippen LogP contribution in [0.4, 0.5) is 5.69 Å². The number of H-pyrrole nitrogens is 1. The molecule has 1 aromatic heterocycles. The Balaban J connectivity index is 1.64. The number of carbonyl (C=O) groups excluding carboxylic acids is 1. The largest absolute Gasteiger partial charge is 0.326 e. The molecule has 0 fully saturated rings. The number of carbonyl (C=O) groups is 1. The average molecular weight is 442 g/mol. The van der Waals surface area contributed by atoms with Gasteiger partial charge in [0.1, 0.15) is 0 Å². The first-order chi connectivity index (χ1) is 14.3. The summed E-state index contributed by atoms with van der Waals surface area (Å²) in [7, 11) is 0. The summed E-state index contributed by atoms with van der Waals surface area (Å²) < 4.78 is 0. The van der Waals surface area contributed by atoms with E-state index in [0.29, 0.717) is 38.8 Å². The fraction of sp³-hybridized carbons (Fsp3) is 0.261. The van der Waals surface area contributed by atoms with Gasteiger partial charge in [0.15, 0.2) is 5.16 Å². The number of amides is 1. The zero-order valence-corrected chi connectivity index (χ0v) is 18.7. The quantitative estimate of drug-likeness (QED) is 0.384. The Morgan fingerprint density at radius 2 is 1.93 bits per heavy atom. The van der Waals surface area contributed by atoms with Gasteiger partial charge in [-0.1, -0.05) is 61.5 Å². The Bertz CT molecular complexity index is 1090. The van der Waals surface area contributed by atoms with Crippen molar-refractivity contribution in [3.8, 4) is 0 Å². The summed E-state index contributed by atoms with van der Waals surface area (Å²) in [5.74, 6) is 0.814. The van der Waals surface area contributed by atoms with Crippen LogP contribution < -0.4 is 10.9 Å². The maximum atomic E-state index is 12.5. The summed E-state index contributed by atoms with van der Waals surface area (Å²) in [6, 6.07) is 15.3. The number of anilines is 1. The van der Waals surface area contributed by atoms with Crippen molar-refractivity contribution in [2.45, 2.75) is 44.0 Å². The summed E-state index contributed by atoms with van der Waals surface area (Å²) in [6.45, 7) is 5.98. The van der Waals surface area contributed by atoms with Gasteiger partial charge in [-0.25, -0.2) is 4.98 Å².